The Bertz CT molecular complexity index is 647. The molecule has 1 unspecified atom stereocenters. The quantitative estimate of drug-likeness (QED) is 0.635. The highest BCUT2D eigenvalue weighted by Gasteiger charge is 2.20. The minimum Gasteiger partial charge on any atom is -1.00 e. The van der Waals surface area contributed by atoms with E-state index in [0.717, 1.165) is 10.7 Å². The molecule has 1 atom stereocenters. The molecule has 0 spiro atoms. The average molecular weight is 292 g/mol. The molecule has 2 N–H and O–H groups in total. The lowest BCUT2D eigenvalue weighted by atomic mass is 10.2. The Labute approximate surface area is 121 Å². The summed E-state index contributed by atoms with van der Waals surface area (Å²) >= 11 is 0. The summed E-state index contributed by atoms with van der Waals surface area (Å²) in [5.41, 5.74) is 1.11. The van der Waals surface area contributed by atoms with Crippen LogP contribution >= 0.6 is 0 Å². The third kappa shape index (κ3) is 2.84. The highest BCUT2D eigenvalue weighted by molar-refractivity contribution is 5.96. The van der Waals surface area contributed by atoms with Gasteiger partial charge in [0.1, 0.15) is 18.2 Å². The van der Waals surface area contributed by atoms with E-state index in [0.29, 0.717) is 11.3 Å². The van der Waals surface area contributed by atoms with Crippen LogP contribution in [0.1, 0.15) is 10.4 Å². The first-order valence-corrected chi connectivity index (χ1v) is 5.81. The maximum Gasteiger partial charge on any atom is 0.255 e. The van der Waals surface area contributed by atoms with Gasteiger partial charge in [0, 0.05) is 11.6 Å². The number of hydrogen-bond donors (Lipinski definition) is 2. The van der Waals surface area contributed by atoms with Crippen LogP contribution in [0.15, 0.2) is 65.7 Å². The Hall–Kier alpha value is -2.24. The number of hydrogen-bond acceptors (Lipinski definition) is 2. The first-order chi connectivity index (χ1) is 9.22. The van der Waals surface area contributed by atoms with Gasteiger partial charge in [-0.3, -0.25) is 4.79 Å². The molecule has 0 aromatic heterocycles. The van der Waals surface area contributed by atoms with E-state index >= 15 is 0 Å². The van der Waals surface area contributed by atoms with Crippen LogP contribution < -0.4 is 22.6 Å². The number of rotatable bonds is 2. The predicted molar refractivity (Wildman–Crippen MR) is 68.6 cm³/mol. The second-order valence-corrected chi connectivity index (χ2v) is 4.18. The van der Waals surface area contributed by atoms with E-state index in [-0.39, 0.29) is 24.1 Å². The van der Waals surface area contributed by atoms with Crippen LogP contribution in [-0.2, 0) is 0 Å². The van der Waals surface area contributed by atoms with Crippen molar-refractivity contribution in [3.8, 4) is 0 Å². The molecule has 3 rings (SSSR count). The fourth-order valence-electron chi connectivity index (χ4n) is 1.89. The van der Waals surface area contributed by atoms with Crippen LogP contribution in [0.5, 0.6) is 0 Å². The van der Waals surface area contributed by atoms with E-state index in [1.807, 2.05) is 18.5 Å². The minimum atomic E-state index is -0.360. The summed E-state index contributed by atoms with van der Waals surface area (Å²) in [6.45, 7) is 0. The number of aliphatic imine (C=N–C) groups is 1. The molecular formula is C14H11ClFN3O. The average Bonchev–Trinajstić information content (AvgIpc) is 2.87. The molecule has 1 amide bonds. The summed E-state index contributed by atoms with van der Waals surface area (Å²) < 4.78 is 12.8. The van der Waals surface area contributed by atoms with Gasteiger partial charge in [-0.2, -0.15) is 4.99 Å². The van der Waals surface area contributed by atoms with Crippen molar-refractivity contribution in [1.29, 1.82) is 0 Å². The zero-order valence-electron chi connectivity index (χ0n) is 10.3. The van der Waals surface area contributed by atoms with Gasteiger partial charge in [0.15, 0.2) is 0 Å². The van der Waals surface area contributed by atoms with Gasteiger partial charge in [0.25, 0.3) is 5.91 Å². The van der Waals surface area contributed by atoms with Gasteiger partial charge < -0.3 is 17.7 Å². The summed E-state index contributed by atoms with van der Waals surface area (Å²) in [5.74, 6) is 0.263. The van der Waals surface area contributed by atoms with E-state index in [1.54, 1.807) is 12.3 Å². The van der Waals surface area contributed by atoms with Crippen molar-refractivity contribution in [3.63, 3.8) is 0 Å². The van der Waals surface area contributed by atoms with Crippen molar-refractivity contribution in [1.82, 2.24) is 5.32 Å². The zero-order valence-corrected chi connectivity index (χ0v) is 11.1. The Morgan fingerprint density at radius 1 is 1.20 bits per heavy atom. The Morgan fingerprint density at radius 3 is 2.70 bits per heavy atom. The van der Waals surface area contributed by atoms with E-state index in [9.17, 15) is 9.18 Å². The van der Waals surface area contributed by atoms with Crippen molar-refractivity contribution in [2.24, 2.45) is 4.99 Å². The van der Waals surface area contributed by atoms with Gasteiger partial charge in [-0.1, -0.05) is 0 Å². The van der Waals surface area contributed by atoms with Crippen LogP contribution in [0.25, 0.3) is 0 Å². The normalized spacial score (nSPS) is 18.8. The molecule has 20 heavy (non-hydrogen) atoms. The summed E-state index contributed by atoms with van der Waals surface area (Å²) in [7, 11) is 0. The molecule has 2 aliphatic rings. The number of amidine groups is 1. The summed E-state index contributed by atoms with van der Waals surface area (Å²) in [6, 6.07) is 5.43. The van der Waals surface area contributed by atoms with Crippen LogP contribution in [0.4, 0.5) is 4.39 Å². The number of amides is 1. The number of fused-ring (bicyclic) bond motifs is 1. The molecule has 0 fully saturated rings. The molecule has 2 heterocycles. The lowest BCUT2D eigenvalue weighted by molar-refractivity contribution is -0.679. The minimum absolute atomic E-state index is 0. The number of benzene rings is 1. The molecule has 102 valence electrons. The Balaban J connectivity index is 0.00000147. The first kappa shape index (κ1) is 14.2. The van der Waals surface area contributed by atoms with E-state index in [2.05, 4.69) is 10.3 Å². The highest BCUT2D eigenvalue weighted by atomic mass is 35.5. The maximum atomic E-state index is 12.8. The molecular weight excluding hydrogens is 281 g/mol. The van der Waals surface area contributed by atoms with Crippen LogP contribution in [0.2, 0.25) is 0 Å². The van der Waals surface area contributed by atoms with Crippen molar-refractivity contribution in [2.75, 3.05) is 0 Å². The molecule has 6 heteroatoms. The van der Waals surface area contributed by atoms with Crippen LogP contribution in [-0.4, -0.2) is 11.7 Å². The largest absolute Gasteiger partial charge is 1.00 e. The Kier molecular flexibility index (Phi) is 4.12. The summed E-state index contributed by atoms with van der Waals surface area (Å²) in [5, 5.41) is 2.77. The number of nitrogens with one attached hydrogen (secondary N) is 2. The lowest BCUT2D eigenvalue weighted by Crippen LogP contribution is -3.05. The SMILES string of the molecule is O=C(NC1=C[NH+]2C=CN=C2C=C1)c1ccc(F)cc1.[Cl-]. The van der Waals surface area contributed by atoms with Crippen molar-refractivity contribution in [3.05, 3.63) is 72.1 Å². The van der Waals surface area contributed by atoms with E-state index < -0.39 is 0 Å². The van der Waals surface area contributed by atoms with Gasteiger partial charge in [0.2, 0.25) is 5.84 Å². The number of nitrogens with zero attached hydrogens (tertiary/aromatic N) is 1. The van der Waals surface area contributed by atoms with Crippen molar-refractivity contribution < 1.29 is 26.5 Å². The smallest absolute Gasteiger partial charge is 0.255 e. The Morgan fingerprint density at radius 2 is 1.95 bits per heavy atom. The zero-order chi connectivity index (χ0) is 13.2. The molecule has 0 radical (unpaired) electrons. The first-order valence-electron chi connectivity index (χ1n) is 5.81. The van der Waals surface area contributed by atoms with Crippen molar-refractivity contribution >= 4 is 11.7 Å². The standard InChI is InChI=1S/C14H10FN3O.ClH/c15-11-3-1-10(2-4-11)14(19)17-12-5-6-13-16-7-8-18(13)9-12;/h1-9H,(H,17,19);1H. The summed E-state index contributed by atoms with van der Waals surface area (Å²) in [4.78, 5) is 17.1. The molecule has 1 aromatic carbocycles. The third-order valence-electron chi connectivity index (χ3n) is 2.86. The number of halogens is 2. The van der Waals surface area contributed by atoms with Crippen LogP contribution in [0, 0.1) is 5.82 Å². The molecule has 0 saturated carbocycles. The molecule has 0 saturated heterocycles. The van der Waals surface area contributed by atoms with Gasteiger partial charge in [0.05, 0.1) is 11.9 Å². The van der Waals surface area contributed by atoms with Gasteiger partial charge in [-0.25, -0.2) is 9.29 Å². The topological polar surface area (TPSA) is 45.9 Å². The summed E-state index contributed by atoms with van der Waals surface area (Å²) in [6.07, 6.45) is 9.08. The van der Waals surface area contributed by atoms with E-state index in [1.165, 1.54) is 24.3 Å². The van der Waals surface area contributed by atoms with Gasteiger partial charge in [-0.15, -0.1) is 0 Å². The fraction of sp³-hybridized carbons (Fsp3) is 0. The predicted octanol–water partition coefficient (Wildman–Crippen LogP) is -2.26. The van der Waals surface area contributed by atoms with Crippen molar-refractivity contribution in [2.45, 2.75) is 0 Å². The second-order valence-electron chi connectivity index (χ2n) is 4.18. The number of allylic oxidation sites excluding steroid dienone is 1. The number of carbonyl (C=O) groups is 1. The highest BCUT2D eigenvalue weighted by Crippen LogP contribution is 2.04. The number of carbonyl (C=O) groups excluding carboxylic acids is 1. The monoisotopic (exact) mass is 291 g/mol. The van der Waals surface area contributed by atoms with Crippen LogP contribution in [0.3, 0.4) is 0 Å². The van der Waals surface area contributed by atoms with Gasteiger partial charge in [-0.05, 0) is 30.3 Å². The fourth-order valence-corrected chi connectivity index (χ4v) is 1.89. The molecule has 1 aromatic rings. The third-order valence-corrected chi connectivity index (χ3v) is 2.86. The molecule has 0 bridgehead atoms. The molecule has 2 aliphatic heterocycles. The van der Waals surface area contributed by atoms with Gasteiger partial charge >= 0.3 is 0 Å². The molecule has 0 aliphatic carbocycles. The maximum absolute atomic E-state index is 12.8. The van der Waals surface area contributed by atoms with E-state index in [4.69, 9.17) is 0 Å². The second kappa shape index (κ2) is 5.81. The molecule has 4 nitrogen and oxygen atoms in total. The number of quaternary nitrogens is 1. The lowest BCUT2D eigenvalue weighted by Gasteiger charge is -2.12.